The zero-order valence-electron chi connectivity index (χ0n) is 18.3. The van der Waals surface area contributed by atoms with Crippen LogP contribution in [0.3, 0.4) is 0 Å². The highest BCUT2D eigenvalue weighted by Gasteiger charge is 2.27. The molecule has 9 heteroatoms. The molecule has 0 aliphatic heterocycles. The van der Waals surface area contributed by atoms with Crippen LogP contribution >= 0.6 is 0 Å². The fourth-order valence-electron chi connectivity index (χ4n) is 3.32. The summed E-state index contributed by atoms with van der Waals surface area (Å²) in [5, 5.41) is 14.0. The Morgan fingerprint density at radius 3 is 2.45 bits per heavy atom. The highest BCUT2D eigenvalue weighted by molar-refractivity contribution is 5.88. The fraction of sp³-hybridized carbons (Fsp3) is 0.500. The van der Waals surface area contributed by atoms with Crippen LogP contribution in [0.25, 0.3) is 11.0 Å². The predicted octanol–water partition coefficient (Wildman–Crippen LogP) is 1.59. The molecule has 1 aromatic carbocycles. The summed E-state index contributed by atoms with van der Waals surface area (Å²) in [5.41, 5.74) is 4.23. The van der Waals surface area contributed by atoms with Gasteiger partial charge in [0.1, 0.15) is 6.29 Å². The van der Waals surface area contributed by atoms with Crippen molar-refractivity contribution < 1.29 is 24.3 Å². The van der Waals surface area contributed by atoms with E-state index in [0.29, 0.717) is 19.4 Å². The second kappa shape index (κ2) is 10.7. The van der Waals surface area contributed by atoms with Crippen molar-refractivity contribution in [1.82, 2.24) is 20.2 Å². The number of aromatic nitrogens is 2. The number of carbonyl (C=O) groups is 4. The molecular weight excluding hydrogens is 400 g/mol. The Hall–Kier alpha value is -3.23. The number of aryl methyl sites for hydroxylation is 2. The maximum atomic E-state index is 12.5. The van der Waals surface area contributed by atoms with E-state index >= 15 is 0 Å². The molecule has 0 radical (unpaired) electrons. The smallest absolute Gasteiger partial charge is 0.305 e. The normalized spacial score (nSPS) is 13.1. The van der Waals surface area contributed by atoms with Gasteiger partial charge in [0.25, 0.3) is 0 Å². The van der Waals surface area contributed by atoms with Crippen molar-refractivity contribution in [2.24, 2.45) is 11.8 Å². The van der Waals surface area contributed by atoms with Crippen molar-refractivity contribution in [3.63, 3.8) is 0 Å². The minimum atomic E-state index is -1.19. The van der Waals surface area contributed by atoms with Crippen molar-refractivity contribution in [3.05, 3.63) is 29.6 Å². The van der Waals surface area contributed by atoms with Gasteiger partial charge in [-0.25, -0.2) is 4.98 Å². The van der Waals surface area contributed by atoms with Gasteiger partial charge in [0.2, 0.25) is 11.8 Å². The number of carboxylic acids is 1. The molecule has 168 valence electrons. The third-order valence-corrected chi connectivity index (χ3v) is 5.34. The van der Waals surface area contributed by atoms with Crippen LogP contribution in [0.4, 0.5) is 0 Å². The van der Waals surface area contributed by atoms with E-state index in [4.69, 9.17) is 5.11 Å². The lowest BCUT2D eigenvalue weighted by molar-refractivity contribution is -0.139. The van der Waals surface area contributed by atoms with Crippen molar-refractivity contribution in [2.75, 3.05) is 6.54 Å². The summed E-state index contributed by atoms with van der Waals surface area (Å²) in [6, 6.07) is 2.98. The van der Waals surface area contributed by atoms with Gasteiger partial charge < -0.3 is 25.1 Å². The lowest BCUT2D eigenvalue weighted by atomic mass is 9.91. The molecule has 0 aliphatic rings. The van der Waals surface area contributed by atoms with Gasteiger partial charge in [-0.05, 0) is 43.0 Å². The molecule has 0 fully saturated rings. The van der Waals surface area contributed by atoms with Gasteiger partial charge in [-0.3, -0.25) is 14.4 Å². The average Bonchev–Trinajstić information content (AvgIpc) is 3.06. The molecule has 0 bridgehead atoms. The van der Waals surface area contributed by atoms with Gasteiger partial charge in [0.05, 0.1) is 29.8 Å². The second-order valence-electron chi connectivity index (χ2n) is 8.12. The molecule has 31 heavy (non-hydrogen) atoms. The Bertz CT molecular complexity index is 966. The molecule has 9 nitrogen and oxygen atoms in total. The number of nitrogens with one attached hydrogen (secondary N) is 2. The summed E-state index contributed by atoms with van der Waals surface area (Å²) < 4.78 is 1.97. The van der Waals surface area contributed by atoms with E-state index in [0.717, 1.165) is 11.0 Å². The number of rotatable bonds is 11. The zero-order chi connectivity index (χ0) is 23.1. The Kier molecular flexibility index (Phi) is 8.30. The van der Waals surface area contributed by atoms with E-state index in [2.05, 4.69) is 21.7 Å². The molecule has 2 aromatic rings. The van der Waals surface area contributed by atoms with E-state index in [1.54, 1.807) is 20.2 Å². The highest BCUT2D eigenvalue weighted by atomic mass is 16.4. The van der Waals surface area contributed by atoms with Gasteiger partial charge in [0, 0.05) is 25.4 Å². The van der Waals surface area contributed by atoms with Crippen LogP contribution in [0.1, 0.15) is 37.8 Å². The van der Waals surface area contributed by atoms with Gasteiger partial charge in [-0.1, -0.05) is 13.8 Å². The minimum Gasteiger partial charge on any atom is -0.481 e. The summed E-state index contributed by atoms with van der Waals surface area (Å²) in [6.07, 6.45) is 1.58. The molecule has 0 aliphatic carbocycles. The number of hydrogen-bond acceptors (Lipinski definition) is 5. The number of benzene rings is 1. The molecule has 0 unspecified atom stereocenters. The van der Waals surface area contributed by atoms with Crippen LogP contribution < -0.4 is 10.6 Å². The largest absolute Gasteiger partial charge is 0.481 e. The standard InChI is InChI=1S/C22H30N4O5/c1-13(2)17(22(31)25-16(11-27)9-21(29)30)10-20(28)23-5-6-26-12-24-18-7-14(3)15(4)8-19(18)26/h7-8,11-13,16-17H,5-6,9-10H2,1-4H3,(H,23,28)(H,25,31)(H,29,30)/t16-,17-/m0/s1. The van der Waals surface area contributed by atoms with Gasteiger partial charge in [-0.15, -0.1) is 0 Å². The minimum absolute atomic E-state index is 0.0505. The quantitative estimate of drug-likeness (QED) is 0.464. The number of imidazole rings is 1. The molecule has 2 atom stereocenters. The van der Waals surface area contributed by atoms with Crippen molar-refractivity contribution >= 4 is 35.1 Å². The van der Waals surface area contributed by atoms with Crippen molar-refractivity contribution in [2.45, 2.75) is 53.1 Å². The van der Waals surface area contributed by atoms with Crippen LogP contribution in [0, 0.1) is 25.7 Å². The van der Waals surface area contributed by atoms with E-state index < -0.39 is 30.3 Å². The van der Waals surface area contributed by atoms with E-state index in [1.165, 1.54) is 11.1 Å². The van der Waals surface area contributed by atoms with Crippen LogP contribution in [-0.4, -0.2) is 51.3 Å². The maximum Gasteiger partial charge on any atom is 0.305 e. The number of carboxylic acid groups (broad SMARTS) is 1. The number of aliphatic carboxylic acids is 1. The number of carbonyl (C=O) groups excluding carboxylic acids is 3. The number of fused-ring (bicyclic) bond motifs is 1. The van der Waals surface area contributed by atoms with Gasteiger partial charge >= 0.3 is 5.97 Å². The SMILES string of the molecule is Cc1cc2ncn(CCNC(=O)C[C@H](C(=O)N[C@H](C=O)CC(=O)O)C(C)C)c2cc1C. The zero-order valence-corrected chi connectivity index (χ0v) is 18.3. The first-order valence-corrected chi connectivity index (χ1v) is 10.3. The summed E-state index contributed by atoms with van der Waals surface area (Å²) in [7, 11) is 0. The monoisotopic (exact) mass is 430 g/mol. The Labute approximate surface area is 181 Å². The summed E-state index contributed by atoms with van der Waals surface area (Å²) >= 11 is 0. The first-order valence-electron chi connectivity index (χ1n) is 10.3. The predicted molar refractivity (Wildman–Crippen MR) is 115 cm³/mol. The van der Waals surface area contributed by atoms with Crippen molar-refractivity contribution in [3.8, 4) is 0 Å². The average molecular weight is 431 g/mol. The van der Waals surface area contributed by atoms with Crippen molar-refractivity contribution in [1.29, 1.82) is 0 Å². The molecule has 0 spiro atoms. The third kappa shape index (κ3) is 6.63. The molecule has 2 rings (SSSR count). The summed E-state index contributed by atoms with van der Waals surface area (Å²) in [4.78, 5) is 51.1. The van der Waals surface area contributed by atoms with E-state index in [-0.39, 0.29) is 18.2 Å². The molecule has 0 saturated carbocycles. The van der Waals surface area contributed by atoms with Crippen LogP contribution in [0.2, 0.25) is 0 Å². The third-order valence-electron chi connectivity index (χ3n) is 5.34. The molecule has 0 saturated heterocycles. The first-order chi connectivity index (χ1) is 14.6. The summed E-state index contributed by atoms with van der Waals surface area (Å²) in [5.74, 6) is -2.81. The summed E-state index contributed by atoms with van der Waals surface area (Å²) in [6.45, 7) is 8.58. The number of nitrogens with zero attached hydrogens (tertiary/aromatic N) is 2. The number of amides is 2. The molecular formula is C22H30N4O5. The first kappa shape index (κ1) is 24.0. The lowest BCUT2D eigenvalue weighted by Crippen LogP contribution is -2.44. The molecule has 1 aromatic heterocycles. The molecule has 2 amide bonds. The lowest BCUT2D eigenvalue weighted by Gasteiger charge is -2.21. The van der Waals surface area contributed by atoms with E-state index in [9.17, 15) is 19.2 Å². The van der Waals surface area contributed by atoms with Crippen LogP contribution in [-0.2, 0) is 25.7 Å². The molecule has 1 heterocycles. The van der Waals surface area contributed by atoms with E-state index in [1.807, 2.05) is 24.5 Å². The Morgan fingerprint density at radius 1 is 1.16 bits per heavy atom. The fourth-order valence-corrected chi connectivity index (χ4v) is 3.32. The highest BCUT2D eigenvalue weighted by Crippen LogP contribution is 2.18. The molecule has 3 N–H and O–H groups in total. The second-order valence-corrected chi connectivity index (χ2v) is 8.12. The Morgan fingerprint density at radius 2 is 1.84 bits per heavy atom. The van der Waals surface area contributed by atoms with Crippen LogP contribution in [0.15, 0.2) is 18.5 Å². The number of hydrogen-bond donors (Lipinski definition) is 3. The van der Waals surface area contributed by atoms with Gasteiger partial charge in [-0.2, -0.15) is 0 Å². The van der Waals surface area contributed by atoms with Gasteiger partial charge in [0.15, 0.2) is 0 Å². The number of aldehydes is 1. The van der Waals surface area contributed by atoms with Crippen LogP contribution in [0.5, 0.6) is 0 Å². The topological polar surface area (TPSA) is 130 Å². The Balaban J connectivity index is 1.92. The maximum absolute atomic E-state index is 12.5.